The van der Waals surface area contributed by atoms with Crippen molar-refractivity contribution in [2.75, 3.05) is 0 Å². The Hall–Kier alpha value is 0.307. The van der Waals surface area contributed by atoms with Gasteiger partial charge in [0.25, 0.3) is 0 Å². The van der Waals surface area contributed by atoms with E-state index in [0.717, 1.165) is 12.0 Å². The van der Waals surface area contributed by atoms with E-state index in [1.54, 1.807) is 12.1 Å². The molecule has 1 rings (SSSR count). The molecule has 12 heavy (non-hydrogen) atoms. The molecule has 0 N–H and O–H groups in total. The molecule has 0 bridgehead atoms. The first-order valence-corrected chi connectivity index (χ1v) is 6.33. The summed E-state index contributed by atoms with van der Waals surface area (Å²) in [5.74, 6) is 0. The van der Waals surface area contributed by atoms with E-state index in [9.17, 15) is 0 Å². The van der Waals surface area contributed by atoms with Crippen molar-refractivity contribution >= 4 is 45.0 Å². The highest BCUT2D eigenvalue weighted by molar-refractivity contribution is 6.39. The third kappa shape index (κ3) is 2.40. The first-order chi connectivity index (χ1) is 5.65. The lowest BCUT2D eigenvalue weighted by atomic mass is 10.2. The average Bonchev–Trinajstić information content (AvgIpc) is 1.96. The van der Waals surface area contributed by atoms with Crippen molar-refractivity contribution in [2.45, 2.75) is 12.5 Å². The van der Waals surface area contributed by atoms with Crippen LogP contribution in [0.4, 0.5) is 0 Å². The van der Waals surface area contributed by atoms with Crippen LogP contribution in [0.25, 0.3) is 0 Å². The Labute approximate surface area is 90.2 Å². The smallest absolute Gasteiger partial charge is 0.0467 e. The van der Waals surface area contributed by atoms with E-state index in [1.807, 2.05) is 0 Å². The minimum absolute atomic E-state index is 0.599. The summed E-state index contributed by atoms with van der Waals surface area (Å²) >= 11 is 17.7. The van der Waals surface area contributed by atoms with Gasteiger partial charge in [0.15, 0.2) is 0 Å². The second kappa shape index (κ2) is 4.52. The molecular weight excluding hydrogens is 231 g/mol. The summed E-state index contributed by atoms with van der Waals surface area (Å²) in [5.41, 5.74) is 1.03. The minimum Gasteiger partial charge on any atom is -0.0842 e. The van der Waals surface area contributed by atoms with Crippen LogP contribution in [0.5, 0.6) is 0 Å². The van der Waals surface area contributed by atoms with E-state index in [4.69, 9.17) is 34.8 Å². The van der Waals surface area contributed by atoms with E-state index >= 15 is 0 Å². The van der Waals surface area contributed by atoms with Crippen molar-refractivity contribution in [1.82, 2.24) is 0 Å². The highest BCUT2D eigenvalue weighted by Gasteiger charge is 2.05. The Balaban J connectivity index is 3.10. The summed E-state index contributed by atoms with van der Waals surface area (Å²) in [6, 6.07) is 4.64. The molecule has 4 heteroatoms. The van der Waals surface area contributed by atoms with Crippen molar-refractivity contribution in [3.63, 3.8) is 0 Å². The number of benzene rings is 1. The lowest BCUT2D eigenvalue weighted by molar-refractivity contribution is 1.13. The summed E-state index contributed by atoms with van der Waals surface area (Å²) in [5, 5.41) is 1.97. The monoisotopic (exact) mass is 238 g/mol. The summed E-state index contributed by atoms with van der Waals surface area (Å²) in [6.07, 6.45) is 0.959. The molecule has 0 atom stereocenters. The molecule has 0 saturated heterocycles. The molecule has 0 saturated carbocycles. The Bertz CT molecular complexity index is 263. The van der Waals surface area contributed by atoms with Crippen molar-refractivity contribution < 1.29 is 0 Å². The molecule has 66 valence electrons. The lowest BCUT2D eigenvalue weighted by Gasteiger charge is -2.05. The molecule has 0 aliphatic rings. The fourth-order valence-corrected chi connectivity index (χ4v) is 2.57. The average molecular weight is 240 g/mol. The highest BCUT2D eigenvalue weighted by Crippen LogP contribution is 2.29. The molecular formula is C8H9Cl3Si. The topological polar surface area (TPSA) is 0 Å². The normalized spacial score (nSPS) is 10.6. The first kappa shape index (κ1) is 10.4. The van der Waals surface area contributed by atoms with Crippen LogP contribution < -0.4 is 0 Å². The van der Waals surface area contributed by atoms with Crippen LogP contribution in [0.1, 0.15) is 5.56 Å². The maximum absolute atomic E-state index is 5.96. The summed E-state index contributed by atoms with van der Waals surface area (Å²) in [4.78, 5) is 0. The summed E-state index contributed by atoms with van der Waals surface area (Å²) < 4.78 is 0. The van der Waals surface area contributed by atoms with Gasteiger partial charge in [0.2, 0.25) is 0 Å². The van der Waals surface area contributed by atoms with Crippen LogP contribution in [-0.2, 0) is 6.42 Å². The molecule has 0 nitrogen and oxygen atoms in total. The molecule has 0 fully saturated rings. The quantitative estimate of drug-likeness (QED) is 0.696. The van der Waals surface area contributed by atoms with E-state index < -0.39 is 0 Å². The van der Waals surface area contributed by atoms with Crippen LogP contribution in [0.15, 0.2) is 12.1 Å². The predicted molar refractivity (Wildman–Crippen MR) is 59.9 cm³/mol. The number of hydrogen-bond acceptors (Lipinski definition) is 0. The molecule has 0 aliphatic carbocycles. The number of halogens is 3. The lowest BCUT2D eigenvalue weighted by Crippen LogP contribution is -1.87. The third-order valence-electron chi connectivity index (χ3n) is 1.61. The molecule has 0 aliphatic heterocycles. The summed E-state index contributed by atoms with van der Waals surface area (Å²) in [6.45, 7) is 0. The van der Waals surface area contributed by atoms with Crippen molar-refractivity contribution in [1.29, 1.82) is 0 Å². The Kier molecular flexibility index (Phi) is 3.91. The fourth-order valence-electron chi connectivity index (χ4n) is 1.06. The number of hydrogen-bond donors (Lipinski definition) is 0. The SMILES string of the molecule is [SiH3]CCc1c(Cl)cc(Cl)cc1Cl. The highest BCUT2D eigenvalue weighted by atomic mass is 35.5. The van der Waals surface area contributed by atoms with Crippen LogP contribution in [-0.4, -0.2) is 10.2 Å². The minimum atomic E-state index is 0.599. The molecule has 1 aromatic rings. The zero-order valence-corrected chi connectivity index (χ0v) is 11.0. The Morgan fingerprint density at radius 2 is 1.58 bits per heavy atom. The van der Waals surface area contributed by atoms with Gasteiger partial charge in [-0.15, -0.1) is 0 Å². The second-order valence-corrected chi connectivity index (χ2v) is 4.85. The number of rotatable bonds is 2. The van der Waals surface area contributed by atoms with Gasteiger partial charge in [0.05, 0.1) is 0 Å². The molecule has 0 unspecified atom stereocenters. The summed E-state index contributed by atoms with van der Waals surface area (Å²) in [7, 11) is 1.17. The molecule has 0 heterocycles. The molecule has 0 amide bonds. The van der Waals surface area contributed by atoms with Gasteiger partial charge in [-0.1, -0.05) is 40.8 Å². The van der Waals surface area contributed by atoms with Gasteiger partial charge in [-0.05, 0) is 24.1 Å². The molecule has 0 aromatic heterocycles. The third-order valence-corrected chi connectivity index (χ3v) is 3.00. The molecule has 0 spiro atoms. The van der Waals surface area contributed by atoms with E-state index in [1.165, 1.54) is 16.3 Å². The Morgan fingerprint density at radius 3 is 2.00 bits per heavy atom. The van der Waals surface area contributed by atoms with Crippen LogP contribution in [0.2, 0.25) is 21.1 Å². The predicted octanol–water partition coefficient (Wildman–Crippen LogP) is 2.97. The van der Waals surface area contributed by atoms with Gasteiger partial charge >= 0.3 is 0 Å². The van der Waals surface area contributed by atoms with Crippen LogP contribution in [0, 0.1) is 0 Å². The largest absolute Gasteiger partial charge is 0.0842 e. The van der Waals surface area contributed by atoms with Gasteiger partial charge in [-0.25, -0.2) is 0 Å². The Morgan fingerprint density at radius 1 is 1.08 bits per heavy atom. The van der Waals surface area contributed by atoms with Gasteiger partial charge < -0.3 is 0 Å². The first-order valence-electron chi connectivity index (χ1n) is 3.78. The fraction of sp³-hybridized carbons (Fsp3) is 0.250. The zero-order chi connectivity index (χ0) is 9.14. The van der Waals surface area contributed by atoms with E-state index in [-0.39, 0.29) is 0 Å². The zero-order valence-electron chi connectivity index (χ0n) is 6.70. The van der Waals surface area contributed by atoms with E-state index in [2.05, 4.69) is 0 Å². The van der Waals surface area contributed by atoms with Crippen molar-refractivity contribution in [2.24, 2.45) is 0 Å². The maximum atomic E-state index is 5.96. The van der Waals surface area contributed by atoms with Crippen LogP contribution >= 0.6 is 34.8 Å². The van der Waals surface area contributed by atoms with Gasteiger partial charge in [0.1, 0.15) is 0 Å². The standard InChI is InChI=1S/C8H9Cl3Si/c9-5-3-7(10)6(1-2-12)8(11)4-5/h3-4H,1-2H2,12H3. The van der Waals surface area contributed by atoms with Crippen LogP contribution in [0.3, 0.4) is 0 Å². The van der Waals surface area contributed by atoms with E-state index in [0.29, 0.717) is 15.1 Å². The van der Waals surface area contributed by atoms with Gasteiger partial charge in [0, 0.05) is 25.3 Å². The van der Waals surface area contributed by atoms with Gasteiger partial charge in [-0.3, -0.25) is 0 Å². The van der Waals surface area contributed by atoms with Gasteiger partial charge in [-0.2, -0.15) is 0 Å². The second-order valence-electron chi connectivity index (χ2n) is 2.60. The molecule has 0 radical (unpaired) electrons. The molecule has 1 aromatic carbocycles. The maximum Gasteiger partial charge on any atom is 0.0467 e. The van der Waals surface area contributed by atoms with Crippen molar-refractivity contribution in [3.8, 4) is 0 Å². The van der Waals surface area contributed by atoms with Crippen molar-refractivity contribution in [3.05, 3.63) is 32.8 Å².